The van der Waals surface area contributed by atoms with Crippen molar-refractivity contribution in [1.82, 2.24) is 0 Å². The van der Waals surface area contributed by atoms with Crippen LogP contribution >= 0.6 is 11.6 Å². The molecule has 0 radical (unpaired) electrons. The molecule has 0 unspecified atom stereocenters. The predicted molar refractivity (Wildman–Crippen MR) is 67.0 cm³/mol. The van der Waals surface area contributed by atoms with Crippen molar-refractivity contribution in [2.24, 2.45) is 0 Å². The molecule has 0 saturated heterocycles. The highest BCUT2D eigenvalue weighted by molar-refractivity contribution is 6.68. The molecule has 2 aromatic carbocycles. The lowest BCUT2D eigenvalue weighted by atomic mass is 9.95. The van der Waals surface area contributed by atoms with Gasteiger partial charge in [-0.2, -0.15) is 13.2 Å². The molecular formula is C14H7ClF4O. The number of alkyl halides is 3. The summed E-state index contributed by atoms with van der Waals surface area (Å²) in [4.78, 5) is 11.3. The van der Waals surface area contributed by atoms with Gasteiger partial charge in [-0.25, -0.2) is 4.39 Å². The van der Waals surface area contributed by atoms with Crippen LogP contribution in [0.2, 0.25) is 0 Å². The van der Waals surface area contributed by atoms with Crippen molar-refractivity contribution in [3.63, 3.8) is 0 Å². The van der Waals surface area contributed by atoms with Gasteiger partial charge in [0.05, 0.1) is 5.56 Å². The second-order valence-corrected chi connectivity index (χ2v) is 4.32. The third-order valence-corrected chi connectivity index (χ3v) is 2.93. The second-order valence-electron chi connectivity index (χ2n) is 3.98. The molecule has 0 bridgehead atoms. The molecule has 0 aliphatic rings. The van der Waals surface area contributed by atoms with Gasteiger partial charge in [-0.1, -0.05) is 24.3 Å². The Labute approximate surface area is 116 Å². The van der Waals surface area contributed by atoms with Gasteiger partial charge in [-0.15, -0.1) is 0 Å². The van der Waals surface area contributed by atoms with E-state index < -0.39 is 33.9 Å². The summed E-state index contributed by atoms with van der Waals surface area (Å²) in [7, 11) is 0. The van der Waals surface area contributed by atoms with Crippen LogP contribution in [0.25, 0.3) is 11.1 Å². The van der Waals surface area contributed by atoms with E-state index in [9.17, 15) is 22.4 Å². The Hall–Kier alpha value is -1.88. The van der Waals surface area contributed by atoms with Crippen LogP contribution in [0.15, 0.2) is 42.5 Å². The Balaban J connectivity index is 2.79. The van der Waals surface area contributed by atoms with Gasteiger partial charge in [0.25, 0.3) is 5.24 Å². The van der Waals surface area contributed by atoms with Crippen molar-refractivity contribution in [2.75, 3.05) is 0 Å². The molecule has 1 nitrogen and oxygen atoms in total. The second kappa shape index (κ2) is 5.25. The Morgan fingerprint density at radius 2 is 1.65 bits per heavy atom. The van der Waals surface area contributed by atoms with Crippen LogP contribution in [0.1, 0.15) is 15.9 Å². The molecule has 0 atom stereocenters. The summed E-state index contributed by atoms with van der Waals surface area (Å²) in [6.07, 6.45) is -4.66. The first-order valence-electron chi connectivity index (χ1n) is 5.47. The smallest absolute Gasteiger partial charge is 0.276 e. The van der Waals surface area contributed by atoms with Crippen LogP contribution in [-0.2, 0) is 6.18 Å². The zero-order valence-electron chi connectivity index (χ0n) is 9.84. The van der Waals surface area contributed by atoms with Gasteiger partial charge in [0, 0.05) is 11.1 Å². The monoisotopic (exact) mass is 302 g/mol. The molecule has 0 fully saturated rings. The maximum atomic E-state index is 13.9. The number of hydrogen-bond donors (Lipinski definition) is 0. The van der Waals surface area contributed by atoms with E-state index in [4.69, 9.17) is 11.6 Å². The highest BCUT2D eigenvalue weighted by Crippen LogP contribution is 2.39. The Morgan fingerprint density at radius 1 is 1.00 bits per heavy atom. The lowest BCUT2D eigenvalue weighted by Crippen LogP contribution is -2.09. The molecule has 2 rings (SSSR count). The fourth-order valence-electron chi connectivity index (χ4n) is 1.91. The highest BCUT2D eigenvalue weighted by atomic mass is 35.5. The number of carbonyl (C=O) groups excluding carboxylic acids is 1. The van der Waals surface area contributed by atoms with E-state index >= 15 is 0 Å². The lowest BCUT2D eigenvalue weighted by molar-refractivity contribution is -0.137. The van der Waals surface area contributed by atoms with Gasteiger partial charge >= 0.3 is 6.18 Å². The van der Waals surface area contributed by atoms with Crippen LogP contribution < -0.4 is 0 Å². The summed E-state index contributed by atoms with van der Waals surface area (Å²) < 4.78 is 52.8. The van der Waals surface area contributed by atoms with Gasteiger partial charge in [0.1, 0.15) is 5.82 Å². The van der Waals surface area contributed by atoms with Crippen molar-refractivity contribution in [3.8, 4) is 11.1 Å². The average molecular weight is 303 g/mol. The molecule has 0 spiro atoms. The van der Waals surface area contributed by atoms with Crippen LogP contribution in [0.4, 0.5) is 17.6 Å². The van der Waals surface area contributed by atoms with Crippen molar-refractivity contribution in [3.05, 3.63) is 59.4 Å². The van der Waals surface area contributed by atoms with E-state index in [1.54, 1.807) is 0 Å². The first-order chi connectivity index (χ1) is 9.32. The molecule has 20 heavy (non-hydrogen) atoms. The number of halogens is 5. The van der Waals surface area contributed by atoms with Gasteiger partial charge in [-0.05, 0) is 35.4 Å². The third kappa shape index (κ3) is 2.67. The SMILES string of the molecule is O=C(Cl)c1cccc(F)c1-c1ccccc1C(F)(F)F. The van der Waals surface area contributed by atoms with E-state index in [0.29, 0.717) is 0 Å². The zero-order chi connectivity index (χ0) is 14.9. The molecular weight excluding hydrogens is 296 g/mol. The molecule has 0 aliphatic carbocycles. The lowest BCUT2D eigenvalue weighted by Gasteiger charge is -2.15. The number of rotatable bonds is 2. The molecule has 0 saturated carbocycles. The Bertz CT molecular complexity index is 664. The molecule has 104 valence electrons. The number of benzene rings is 2. The fourth-order valence-corrected chi connectivity index (χ4v) is 2.07. The Kier molecular flexibility index (Phi) is 3.81. The van der Waals surface area contributed by atoms with E-state index in [2.05, 4.69) is 0 Å². The minimum Gasteiger partial charge on any atom is -0.276 e. The first-order valence-corrected chi connectivity index (χ1v) is 5.85. The zero-order valence-corrected chi connectivity index (χ0v) is 10.6. The number of hydrogen-bond acceptors (Lipinski definition) is 1. The standard InChI is InChI=1S/C14H7ClF4O/c15-13(20)9-5-3-7-11(16)12(9)8-4-1-2-6-10(8)14(17,18)19/h1-7H. The molecule has 0 amide bonds. The summed E-state index contributed by atoms with van der Waals surface area (Å²) in [6.45, 7) is 0. The maximum absolute atomic E-state index is 13.9. The summed E-state index contributed by atoms with van der Waals surface area (Å²) in [5.74, 6) is -0.937. The van der Waals surface area contributed by atoms with Gasteiger partial charge < -0.3 is 0 Å². The minimum atomic E-state index is -4.66. The third-order valence-electron chi connectivity index (χ3n) is 2.73. The maximum Gasteiger partial charge on any atom is 0.417 e. The molecule has 0 heterocycles. The molecule has 0 aliphatic heterocycles. The van der Waals surface area contributed by atoms with E-state index in [-0.39, 0.29) is 5.56 Å². The quantitative estimate of drug-likeness (QED) is 0.570. The van der Waals surface area contributed by atoms with Crippen LogP contribution in [-0.4, -0.2) is 5.24 Å². The van der Waals surface area contributed by atoms with Crippen LogP contribution in [0, 0.1) is 5.82 Å². The van der Waals surface area contributed by atoms with E-state index in [1.165, 1.54) is 24.3 Å². The predicted octanol–water partition coefficient (Wildman–Crippen LogP) is 4.89. The number of carbonyl (C=O) groups is 1. The van der Waals surface area contributed by atoms with Crippen molar-refractivity contribution >= 4 is 16.8 Å². The summed E-state index contributed by atoms with van der Waals surface area (Å²) in [5, 5.41) is -1.02. The summed E-state index contributed by atoms with van der Waals surface area (Å²) in [5.41, 5.74) is -2.19. The average Bonchev–Trinajstić information content (AvgIpc) is 2.37. The first kappa shape index (κ1) is 14.5. The Morgan fingerprint density at radius 3 is 2.25 bits per heavy atom. The van der Waals surface area contributed by atoms with E-state index in [1.807, 2.05) is 0 Å². The van der Waals surface area contributed by atoms with Crippen molar-refractivity contribution in [1.29, 1.82) is 0 Å². The molecule has 0 N–H and O–H groups in total. The van der Waals surface area contributed by atoms with Crippen molar-refractivity contribution in [2.45, 2.75) is 6.18 Å². The van der Waals surface area contributed by atoms with Crippen LogP contribution in [0.3, 0.4) is 0 Å². The fraction of sp³-hybridized carbons (Fsp3) is 0.0714. The van der Waals surface area contributed by atoms with Crippen LogP contribution in [0.5, 0.6) is 0 Å². The largest absolute Gasteiger partial charge is 0.417 e. The van der Waals surface area contributed by atoms with Crippen molar-refractivity contribution < 1.29 is 22.4 Å². The van der Waals surface area contributed by atoms with Gasteiger partial charge in [0.15, 0.2) is 0 Å². The minimum absolute atomic E-state index is 0.302. The normalized spacial score (nSPS) is 11.4. The van der Waals surface area contributed by atoms with Gasteiger partial charge in [-0.3, -0.25) is 4.79 Å². The molecule has 6 heteroatoms. The summed E-state index contributed by atoms with van der Waals surface area (Å²) in [6, 6.07) is 7.82. The molecule has 2 aromatic rings. The van der Waals surface area contributed by atoms with Gasteiger partial charge in [0.2, 0.25) is 0 Å². The van der Waals surface area contributed by atoms with E-state index in [0.717, 1.165) is 18.2 Å². The highest BCUT2D eigenvalue weighted by Gasteiger charge is 2.34. The molecule has 0 aromatic heterocycles. The topological polar surface area (TPSA) is 17.1 Å². The summed E-state index contributed by atoms with van der Waals surface area (Å²) >= 11 is 5.31.